The van der Waals surface area contributed by atoms with E-state index in [0.29, 0.717) is 5.69 Å². The van der Waals surface area contributed by atoms with Crippen molar-refractivity contribution in [2.45, 2.75) is 46.1 Å². The van der Waals surface area contributed by atoms with Gasteiger partial charge in [-0.2, -0.15) is 6.29 Å². The van der Waals surface area contributed by atoms with Crippen LogP contribution in [0.2, 0.25) is 0 Å². The predicted octanol–water partition coefficient (Wildman–Crippen LogP) is 5.12. The number of imidazole rings is 1. The summed E-state index contributed by atoms with van der Waals surface area (Å²) in [5.41, 5.74) is 0.463. The van der Waals surface area contributed by atoms with Crippen molar-refractivity contribution in [1.29, 1.82) is 0 Å². The van der Waals surface area contributed by atoms with Crippen LogP contribution < -0.4 is 0 Å². The third kappa shape index (κ3) is 8.45. The molecule has 3 aromatic rings. The molecule has 3 aromatic heterocycles. The molecule has 9 heteroatoms. The van der Waals surface area contributed by atoms with E-state index in [-0.39, 0.29) is 44.0 Å². The van der Waals surface area contributed by atoms with E-state index in [0.717, 1.165) is 6.07 Å². The zero-order valence-corrected chi connectivity index (χ0v) is 19.0. The number of rotatable bonds is 6. The van der Waals surface area contributed by atoms with Crippen LogP contribution in [0.15, 0.2) is 49.2 Å². The van der Waals surface area contributed by atoms with Gasteiger partial charge in [0.2, 0.25) is 0 Å². The predicted molar refractivity (Wildman–Crippen MR) is 104 cm³/mol. The number of hydrogen-bond donors (Lipinski definition) is 0. The van der Waals surface area contributed by atoms with Gasteiger partial charge in [0.1, 0.15) is 11.9 Å². The van der Waals surface area contributed by atoms with Crippen molar-refractivity contribution in [1.82, 2.24) is 19.5 Å². The zero-order valence-electron chi connectivity index (χ0n) is 16.6. The Labute approximate surface area is 183 Å². The van der Waals surface area contributed by atoms with Crippen LogP contribution in [0.5, 0.6) is 0 Å². The Kier molecular flexibility index (Phi) is 10.8. The van der Waals surface area contributed by atoms with Crippen LogP contribution in [0.1, 0.15) is 34.0 Å². The second kappa shape index (κ2) is 12.5. The van der Waals surface area contributed by atoms with Gasteiger partial charge < -0.3 is 20.2 Å². The van der Waals surface area contributed by atoms with Crippen LogP contribution in [0.25, 0.3) is 21.9 Å². The van der Waals surface area contributed by atoms with E-state index in [2.05, 4.69) is 59.3 Å². The van der Waals surface area contributed by atoms with Gasteiger partial charge in [-0.05, 0) is 11.8 Å². The average Bonchev–Trinajstić information content (AvgIpc) is 3.16. The summed E-state index contributed by atoms with van der Waals surface area (Å²) in [7, 11) is 0. The average molecular weight is 578 g/mol. The first-order valence-corrected chi connectivity index (χ1v) is 8.89. The summed E-state index contributed by atoms with van der Waals surface area (Å²) in [6.45, 7) is 8.22. The SMILES string of the molecule is CC(C)[N-]C([N-]C(C)C)n1ccnc1.Fc1c[c-]c(-c2ccccn2)c(F)n1.[Ir+3]. The third-order valence-corrected chi connectivity index (χ3v) is 3.32. The summed E-state index contributed by atoms with van der Waals surface area (Å²) in [4.78, 5) is 11.0. The molecule has 0 N–H and O–H groups in total. The Morgan fingerprint density at radius 1 is 1.03 bits per heavy atom. The van der Waals surface area contributed by atoms with Crippen molar-refractivity contribution in [3.05, 3.63) is 77.8 Å². The first kappa shape index (κ1) is 25.0. The van der Waals surface area contributed by atoms with Gasteiger partial charge >= 0.3 is 20.1 Å². The topological polar surface area (TPSA) is 71.8 Å². The van der Waals surface area contributed by atoms with Gasteiger partial charge in [0, 0.05) is 18.6 Å². The van der Waals surface area contributed by atoms with Crippen LogP contribution in [0, 0.1) is 18.0 Å². The van der Waals surface area contributed by atoms with E-state index in [9.17, 15) is 8.78 Å². The molecule has 0 radical (unpaired) electrons. The smallest absolute Gasteiger partial charge is 0.658 e. The normalized spacial score (nSPS) is 10.7. The maximum absolute atomic E-state index is 13.1. The van der Waals surface area contributed by atoms with Crippen molar-refractivity contribution in [2.24, 2.45) is 0 Å². The van der Waals surface area contributed by atoms with E-state index < -0.39 is 11.9 Å². The Hall–Kier alpha value is -2.06. The Morgan fingerprint density at radius 3 is 2.21 bits per heavy atom. The number of halogens is 2. The zero-order chi connectivity index (χ0) is 20.5. The van der Waals surface area contributed by atoms with Crippen molar-refractivity contribution in [3.63, 3.8) is 0 Å². The molecular formula is C20H23F2IrN6. The Morgan fingerprint density at radius 2 is 1.72 bits per heavy atom. The second-order valence-corrected chi connectivity index (χ2v) is 6.45. The van der Waals surface area contributed by atoms with Gasteiger partial charge in [-0.1, -0.05) is 51.5 Å². The van der Waals surface area contributed by atoms with Crippen molar-refractivity contribution < 1.29 is 28.9 Å². The maximum Gasteiger partial charge on any atom is 3.00 e. The van der Waals surface area contributed by atoms with Crippen molar-refractivity contribution >= 4 is 0 Å². The number of pyridine rings is 2. The molecule has 0 aliphatic rings. The van der Waals surface area contributed by atoms with Crippen molar-refractivity contribution in [3.8, 4) is 11.3 Å². The van der Waals surface area contributed by atoms with Crippen LogP contribution in [-0.2, 0) is 20.1 Å². The summed E-state index contributed by atoms with van der Waals surface area (Å²) in [5, 5.41) is 9.03. The fourth-order valence-electron chi connectivity index (χ4n) is 2.20. The minimum Gasteiger partial charge on any atom is -0.658 e. The van der Waals surface area contributed by atoms with E-state index in [4.69, 9.17) is 0 Å². The fourth-order valence-corrected chi connectivity index (χ4v) is 2.20. The van der Waals surface area contributed by atoms with E-state index in [1.54, 1.807) is 30.7 Å². The molecule has 6 nitrogen and oxygen atoms in total. The molecule has 0 saturated carbocycles. The first-order chi connectivity index (χ1) is 13.4. The molecule has 0 unspecified atom stereocenters. The quantitative estimate of drug-likeness (QED) is 0.302. The third-order valence-electron chi connectivity index (χ3n) is 3.32. The molecule has 3 rings (SSSR count). The Balaban J connectivity index is 0.000000280. The Bertz CT molecular complexity index is 818. The van der Waals surface area contributed by atoms with Crippen LogP contribution in [0.4, 0.5) is 8.78 Å². The summed E-state index contributed by atoms with van der Waals surface area (Å²) >= 11 is 0. The minimum atomic E-state index is -0.899. The first-order valence-electron chi connectivity index (χ1n) is 8.89. The van der Waals surface area contributed by atoms with Crippen LogP contribution >= 0.6 is 0 Å². The summed E-state index contributed by atoms with van der Waals surface area (Å²) in [5.74, 6) is -1.79. The maximum atomic E-state index is 13.1. The van der Waals surface area contributed by atoms with E-state index >= 15 is 0 Å². The van der Waals surface area contributed by atoms with Gasteiger partial charge in [0.15, 0.2) is 0 Å². The van der Waals surface area contributed by atoms with E-state index in [1.165, 1.54) is 6.20 Å². The molecule has 0 atom stereocenters. The molecule has 0 aliphatic carbocycles. The molecule has 29 heavy (non-hydrogen) atoms. The molecule has 0 bridgehead atoms. The van der Waals surface area contributed by atoms with Gasteiger partial charge in [-0.25, -0.2) is 13.8 Å². The molecule has 3 heterocycles. The largest absolute Gasteiger partial charge is 3.00 e. The van der Waals surface area contributed by atoms with Gasteiger partial charge in [0.05, 0.1) is 6.33 Å². The molecule has 156 valence electrons. The molecule has 0 fully saturated rings. The molecule has 0 amide bonds. The van der Waals surface area contributed by atoms with Gasteiger partial charge in [-0.3, -0.25) is 4.98 Å². The molecular weight excluding hydrogens is 554 g/mol. The number of hydrogen-bond acceptors (Lipinski definition) is 3. The van der Waals surface area contributed by atoms with Crippen molar-refractivity contribution in [2.75, 3.05) is 0 Å². The molecule has 0 saturated heterocycles. The summed E-state index contributed by atoms with van der Waals surface area (Å²) in [6.07, 6.45) is 6.78. The fraction of sp³-hybridized carbons (Fsp3) is 0.350. The van der Waals surface area contributed by atoms with Gasteiger partial charge in [0.25, 0.3) is 0 Å². The molecule has 0 spiro atoms. The van der Waals surface area contributed by atoms with E-state index in [1.807, 2.05) is 10.8 Å². The minimum absolute atomic E-state index is 0. The van der Waals surface area contributed by atoms with Crippen LogP contribution in [0.3, 0.4) is 0 Å². The standard InChI is InChI=1S/C10H5F2N2.C10H18N4.Ir/c11-9-5-4-7(10(12)14-9)8-3-1-2-6-13-8;1-8(2)12-10(13-9(3)4)14-6-5-11-7-14;/h1-3,5-6H;5-10H,1-4H3;/q-1;-2;+3. The van der Waals surface area contributed by atoms with Gasteiger partial charge in [-0.15, -0.1) is 18.2 Å². The second-order valence-electron chi connectivity index (χ2n) is 6.45. The number of aromatic nitrogens is 4. The summed E-state index contributed by atoms with van der Waals surface area (Å²) in [6, 6.07) is 9.01. The monoisotopic (exact) mass is 578 g/mol. The molecule has 0 aliphatic heterocycles. The van der Waals surface area contributed by atoms with Crippen LogP contribution in [-0.4, -0.2) is 31.6 Å². The molecule has 0 aromatic carbocycles. The number of nitrogens with zero attached hydrogens (tertiary/aromatic N) is 6. The summed E-state index contributed by atoms with van der Waals surface area (Å²) < 4.78 is 27.5.